The average Bonchev–Trinajstić information content (AvgIpc) is 3.25. The van der Waals surface area contributed by atoms with Gasteiger partial charge in [0.25, 0.3) is 11.8 Å². The molecule has 8 nitrogen and oxygen atoms in total. The number of rotatable bonds is 4. The molecule has 5 rings (SSSR count). The van der Waals surface area contributed by atoms with Crippen molar-refractivity contribution < 1.29 is 14.3 Å². The van der Waals surface area contributed by atoms with Crippen LogP contribution < -0.4 is 16.0 Å². The van der Waals surface area contributed by atoms with E-state index in [2.05, 4.69) is 51.4 Å². The van der Waals surface area contributed by atoms with Gasteiger partial charge < -0.3 is 25.7 Å². The summed E-state index contributed by atoms with van der Waals surface area (Å²) in [6.07, 6.45) is 6.36. The largest absolute Gasteiger partial charge is 0.378 e. The summed E-state index contributed by atoms with van der Waals surface area (Å²) < 4.78 is 5.49. The Balaban J connectivity index is 1.58. The van der Waals surface area contributed by atoms with Gasteiger partial charge in [-0.1, -0.05) is 25.1 Å². The van der Waals surface area contributed by atoms with E-state index in [4.69, 9.17) is 10.5 Å². The van der Waals surface area contributed by atoms with Gasteiger partial charge in [-0.2, -0.15) is 0 Å². The van der Waals surface area contributed by atoms with Crippen molar-refractivity contribution in [1.29, 1.82) is 0 Å². The molecular weight excluding hydrogens is 442 g/mol. The fourth-order valence-electron chi connectivity index (χ4n) is 4.88. The summed E-state index contributed by atoms with van der Waals surface area (Å²) in [7, 11) is 1.57. The first kappa shape index (κ1) is 22.9. The number of anilines is 1. The average molecular weight is 472 g/mol. The number of fused-ring (bicyclic) bond motifs is 3. The summed E-state index contributed by atoms with van der Waals surface area (Å²) in [5, 5.41) is 3.67. The first-order chi connectivity index (χ1) is 17.0. The summed E-state index contributed by atoms with van der Waals surface area (Å²) in [6, 6.07) is 9.94. The number of amides is 2. The number of nitrogens with one attached hydrogen (secondary N) is 2. The van der Waals surface area contributed by atoms with Crippen molar-refractivity contribution >= 4 is 39.6 Å². The van der Waals surface area contributed by atoms with Gasteiger partial charge in [0.2, 0.25) is 0 Å². The molecule has 1 aliphatic carbocycles. The van der Waals surface area contributed by atoms with Gasteiger partial charge in [0.15, 0.2) is 0 Å². The van der Waals surface area contributed by atoms with Gasteiger partial charge in [-0.05, 0) is 53.3 Å². The number of H-pyrrole nitrogens is 1. The maximum absolute atomic E-state index is 12.7. The van der Waals surface area contributed by atoms with Gasteiger partial charge >= 0.3 is 0 Å². The molecule has 1 aliphatic heterocycles. The summed E-state index contributed by atoms with van der Waals surface area (Å²) in [5.74, 6) is -0.588. The molecule has 1 unspecified atom stereocenters. The van der Waals surface area contributed by atoms with Crippen LogP contribution in [-0.4, -0.2) is 55.1 Å². The molecule has 4 N–H and O–H groups in total. The number of hydrogen-bond acceptors (Lipinski definition) is 5. The van der Waals surface area contributed by atoms with E-state index in [1.807, 2.05) is 12.1 Å². The van der Waals surface area contributed by atoms with Crippen molar-refractivity contribution in [3.8, 4) is 0 Å². The fraction of sp³-hybridized carbons (Fsp3) is 0.296. The quantitative estimate of drug-likeness (QED) is 0.541. The van der Waals surface area contributed by atoms with Crippen LogP contribution in [-0.2, 0) is 9.53 Å². The number of primary amides is 1. The molecule has 2 amide bonds. The Morgan fingerprint density at radius 1 is 1.20 bits per heavy atom. The summed E-state index contributed by atoms with van der Waals surface area (Å²) in [4.78, 5) is 34.6. The highest BCUT2D eigenvalue weighted by Crippen LogP contribution is 2.39. The zero-order valence-corrected chi connectivity index (χ0v) is 19.9. The number of pyridine rings is 1. The Kier molecular flexibility index (Phi) is 6.13. The number of nitrogens with zero attached hydrogens (tertiary/aromatic N) is 2. The Bertz CT molecular complexity index is 1350. The third-order valence-electron chi connectivity index (χ3n) is 6.77. The number of aromatic amines is 1. The molecule has 180 valence electrons. The van der Waals surface area contributed by atoms with Crippen LogP contribution in [0.5, 0.6) is 0 Å². The summed E-state index contributed by atoms with van der Waals surface area (Å²) in [6.45, 7) is 5.31. The minimum absolute atomic E-state index is 0.157. The number of carbonyl (C=O) groups is 2. The van der Waals surface area contributed by atoms with Crippen LogP contribution in [0.25, 0.3) is 22.0 Å². The highest BCUT2D eigenvalue weighted by Gasteiger charge is 2.25. The first-order valence-electron chi connectivity index (χ1n) is 11.8. The Labute approximate surface area is 203 Å². The van der Waals surface area contributed by atoms with Crippen molar-refractivity contribution in [3.05, 3.63) is 71.2 Å². The molecule has 8 heteroatoms. The lowest BCUT2D eigenvalue weighted by Crippen LogP contribution is -2.36. The van der Waals surface area contributed by atoms with E-state index < -0.39 is 5.91 Å². The van der Waals surface area contributed by atoms with E-state index in [1.165, 1.54) is 0 Å². The van der Waals surface area contributed by atoms with Gasteiger partial charge in [0.05, 0.1) is 24.5 Å². The van der Waals surface area contributed by atoms with Gasteiger partial charge in [-0.3, -0.25) is 14.6 Å². The zero-order valence-electron chi connectivity index (χ0n) is 19.9. The highest BCUT2D eigenvalue weighted by molar-refractivity contribution is 6.22. The van der Waals surface area contributed by atoms with Crippen LogP contribution >= 0.6 is 0 Å². The normalized spacial score (nSPS) is 18.2. The standard InChI is InChI=1S/C27H29N5O3/c1-16-3-4-17(18-5-8-22(30-15-18)27(34)29-2)13-21(26(28)33)25-24(16)20-7-6-19(14-23(20)31-25)32-9-11-35-12-10-32/h4-8,13-16,31H,3,9-12H2,1-2H3,(H2,28,33)(H,29,34). The van der Waals surface area contributed by atoms with Gasteiger partial charge in [0, 0.05) is 42.9 Å². The van der Waals surface area contributed by atoms with Crippen molar-refractivity contribution in [2.75, 3.05) is 38.3 Å². The minimum atomic E-state index is -0.499. The van der Waals surface area contributed by atoms with Gasteiger partial charge in [-0.25, -0.2) is 0 Å². The second-order valence-electron chi connectivity index (χ2n) is 8.97. The molecule has 35 heavy (non-hydrogen) atoms. The third kappa shape index (κ3) is 4.33. The van der Waals surface area contributed by atoms with E-state index in [0.717, 1.165) is 71.7 Å². The van der Waals surface area contributed by atoms with E-state index in [1.54, 1.807) is 19.3 Å². The zero-order chi connectivity index (χ0) is 24.5. The Hall–Kier alpha value is -3.91. The first-order valence-corrected chi connectivity index (χ1v) is 11.8. The van der Waals surface area contributed by atoms with Crippen LogP contribution in [0, 0.1) is 0 Å². The van der Waals surface area contributed by atoms with E-state index in [9.17, 15) is 9.59 Å². The summed E-state index contributed by atoms with van der Waals surface area (Å²) in [5.41, 5.74) is 12.3. The van der Waals surface area contributed by atoms with Crippen LogP contribution in [0.4, 0.5) is 5.69 Å². The molecular formula is C27H29N5O3. The lowest BCUT2D eigenvalue weighted by molar-refractivity contribution is -0.112. The number of carbonyl (C=O) groups excluding carboxylic acids is 2. The topological polar surface area (TPSA) is 113 Å². The SMILES string of the molecule is CNC(=O)c1ccc(C2=CCC(C)c3c([nH]c4cc(N5CCOCC5)ccc34)C(C(N)=O)=C2)cn1. The summed E-state index contributed by atoms with van der Waals surface area (Å²) >= 11 is 0. The number of nitrogens with two attached hydrogens (primary N) is 1. The number of allylic oxidation sites excluding steroid dienone is 3. The van der Waals surface area contributed by atoms with Crippen LogP contribution in [0.3, 0.4) is 0 Å². The van der Waals surface area contributed by atoms with E-state index in [-0.39, 0.29) is 11.8 Å². The van der Waals surface area contributed by atoms with Gasteiger partial charge in [0.1, 0.15) is 5.69 Å². The van der Waals surface area contributed by atoms with Crippen molar-refractivity contribution in [2.24, 2.45) is 5.73 Å². The van der Waals surface area contributed by atoms with Crippen LogP contribution in [0.15, 0.2) is 48.7 Å². The predicted molar refractivity (Wildman–Crippen MR) is 137 cm³/mol. The van der Waals surface area contributed by atoms with Crippen LogP contribution in [0.2, 0.25) is 0 Å². The van der Waals surface area contributed by atoms with E-state index in [0.29, 0.717) is 11.3 Å². The molecule has 0 saturated carbocycles. The molecule has 2 aliphatic rings. The Morgan fingerprint density at radius 2 is 2.00 bits per heavy atom. The van der Waals surface area contributed by atoms with Crippen LogP contribution in [0.1, 0.15) is 46.6 Å². The molecule has 0 spiro atoms. The maximum Gasteiger partial charge on any atom is 0.269 e. The monoisotopic (exact) mass is 471 g/mol. The Morgan fingerprint density at radius 3 is 2.69 bits per heavy atom. The molecule has 2 aromatic heterocycles. The van der Waals surface area contributed by atoms with Gasteiger partial charge in [-0.15, -0.1) is 0 Å². The number of morpholine rings is 1. The molecule has 0 bridgehead atoms. The van der Waals surface area contributed by atoms with Crippen molar-refractivity contribution in [3.63, 3.8) is 0 Å². The molecule has 3 heterocycles. The smallest absolute Gasteiger partial charge is 0.269 e. The lowest BCUT2D eigenvalue weighted by Gasteiger charge is -2.28. The molecule has 3 aromatic rings. The van der Waals surface area contributed by atoms with E-state index >= 15 is 0 Å². The minimum Gasteiger partial charge on any atom is -0.378 e. The number of hydrogen-bond donors (Lipinski definition) is 3. The van der Waals surface area contributed by atoms with Crippen molar-refractivity contribution in [2.45, 2.75) is 19.3 Å². The number of ether oxygens (including phenoxy) is 1. The molecule has 1 aromatic carbocycles. The lowest BCUT2D eigenvalue weighted by atomic mass is 9.87. The maximum atomic E-state index is 12.7. The molecule has 1 fully saturated rings. The fourth-order valence-corrected chi connectivity index (χ4v) is 4.88. The highest BCUT2D eigenvalue weighted by atomic mass is 16.5. The second kappa shape index (κ2) is 9.38. The second-order valence-corrected chi connectivity index (χ2v) is 8.97. The molecule has 0 radical (unpaired) electrons. The number of aromatic nitrogens is 2. The number of benzene rings is 1. The van der Waals surface area contributed by atoms with Crippen molar-refractivity contribution in [1.82, 2.24) is 15.3 Å². The third-order valence-corrected chi connectivity index (χ3v) is 6.77. The molecule has 1 saturated heterocycles. The predicted octanol–water partition coefficient (Wildman–Crippen LogP) is 3.22. The molecule has 1 atom stereocenters.